The summed E-state index contributed by atoms with van der Waals surface area (Å²) in [5.41, 5.74) is 1.02. The lowest BCUT2D eigenvalue weighted by molar-refractivity contribution is -0.118. The van der Waals surface area contributed by atoms with Crippen LogP contribution < -0.4 is 0 Å². The predicted octanol–water partition coefficient (Wildman–Crippen LogP) is 1.97. The maximum Gasteiger partial charge on any atom is 0.234 e. The van der Waals surface area contributed by atoms with Gasteiger partial charge in [-0.05, 0) is 18.1 Å². The Kier molecular flexibility index (Phi) is 4.17. The number of carbonyl (C=O) groups is 1. The molecule has 0 aliphatic carbocycles. The SMILES string of the molecule is CCCC(=O)Cc1nc(Cc2cccnc2)no1. The lowest BCUT2D eigenvalue weighted by Gasteiger charge is -1.93. The van der Waals surface area contributed by atoms with E-state index < -0.39 is 0 Å². The largest absolute Gasteiger partial charge is 0.339 e. The third kappa shape index (κ3) is 3.48. The van der Waals surface area contributed by atoms with Crippen molar-refractivity contribution in [2.24, 2.45) is 0 Å². The van der Waals surface area contributed by atoms with Gasteiger partial charge >= 0.3 is 0 Å². The van der Waals surface area contributed by atoms with Crippen molar-refractivity contribution in [2.45, 2.75) is 32.6 Å². The van der Waals surface area contributed by atoms with Crippen molar-refractivity contribution in [3.63, 3.8) is 0 Å². The van der Waals surface area contributed by atoms with E-state index in [-0.39, 0.29) is 12.2 Å². The van der Waals surface area contributed by atoms with Crippen LogP contribution in [0.1, 0.15) is 37.0 Å². The Bertz CT molecular complexity index is 508. The minimum atomic E-state index is 0.133. The summed E-state index contributed by atoms with van der Waals surface area (Å²) in [5, 5.41) is 3.86. The Labute approximate surface area is 105 Å². The van der Waals surface area contributed by atoms with Crippen molar-refractivity contribution in [1.29, 1.82) is 0 Å². The van der Waals surface area contributed by atoms with E-state index in [9.17, 15) is 4.79 Å². The number of carbonyl (C=O) groups excluding carboxylic acids is 1. The molecule has 0 amide bonds. The molecular weight excluding hydrogens is 230 g/mol. The van der Waals surface area contributed by atoms with E-state index in [4.69, 9.17) is 4.52 Å². The maximum absolute atomic E-state index is 11.4. The molecule has 2 aromatic heterocycles. The quantitative estimate of drug-likeness (QED) is 0.778. The summed E-state index contributed by atoms with van der Waals surface area (Å²) < 4.78 is 5.05. The van der Waals surface area contributed by atoms with E-state index >= 15 is 0 Å². The number of Topliss-reactive ketones (excluding diaryl/α,β-unsaturated/α-hetero) is 1. The summed E-state index contributed by atoms with van der Waals surface area (Å²) in [6.45, 7) is 1.97. The molecular formula is C13H15N3O2. The number of rotatable bonds is 6. The molecule has 5 heteroatoms. The van der Waals surface area contributed by atoms with Gasteiger partial charge in [-0.3, -0.25) is 9.78 Å². The molecule has 0 radical (unpaired) electrons. The van der Waals surface area contributed by atoms with Crippen LogP contribution in [0.15, 0.2) is 29.0 Å². The second-order valence-corrected chi connectivity index (χ2v) is 4.11. The van der Waals surface area contributed by atoms with Crippen LogP contribution >= 0.6 is 0 Å². The highest BCUT2D eigenvalue weighted by atomic mass is 16.5. The van der Waals surface area contributed by atoms with Gasteiger partial charge in [-0.1, -0.05) is 18.1 Å². The molecule has 0 aliphatic rings. The van der Waals surface area contributed by atoms with E-state index in [1.54, 1.807) is 12.4 Å². The van der Waals surface area contributed by atoms with Gasteiger partial charge in [0, 0.05) is 25.2 Å². The molecule has 94 valence electrons. The van der Waals surface area contributed by atoms with E-state index in [0.29, 0.717) is 24.6 Å². The van der Waals surface area contributed by atoms with Crippen LogP contribution in [-0.4, -0.2) is 20.9 Å². The van der Waals surface area contributed by atoms with Gasteiger partial charge in [0.05, 0.1) is 6.42 Å². The van der Waals surface area contributed by atoms with Crippen molar-refractivity contribution >= 4 is 5.78 Å². The lowest BCUT2D eigenvalue weighted by Crippen LogP contribution is -2.02. The molecule has 0 aromatic carbocycles. The summed E-state index contributed by atoms with van der Waals surface area (Å²) in [4.78, 5) is 19.7. The Morgan fingerprint density at radius 3 is 3.06 bits per heavy atom. The highest BCUT2D eigenvalue weighted by molar-refractivity contribution is 5.79. The number of pyridine rings is 1. The summed E-state index contributed by atoms with van der Waals surface area (Å²) in [5.74, 6) is 1.11. The minimum Gasteiger partial charge on any atom is -0.339 e. The second kappa shape index (κ2) is 6.05. The van der Waals surface area contributed by atoms with Gasteiger partial charge in [-0.25, -0.2) is 0 Å². The lowest BCUT2D eigenvalue weighted by atomic mass is 10.2. The standard InChI is InChI=1S/C13H15N3O2/c1-2-4-11(17)8-13-15-12(16-18-13)7-10-5-3-6-14-9-10/h3,5-6,9H,2,4,7-8H2,1H3. The number of ketones is 1. The molecule has 0 N–H and O–H groups in total. The molecule has 0 bridgehead atoms. The topological polar surface area (TPSA) is 68.9 Å². The Balaban J connectivity index is 1.96. The van der Waals surface area contributed by atoms with Gasteiger partial charge in [0.2, 0.25) is 5.89 Å². The maximum atomic E-state index is 11.4. The van der Waals surface area contributed by atoms with Crippen LogP contribution in [0, 0.1) is 0 Å². The molecule has 2 rings (SSSR count). The van der Waals surface area contributed by atoms with Crippen molar-refractivity contribution in [3.05, 3.63) is 41.8 Å². The third-order valence-electron chi connectivity index (χ3n) is 2.47. The monoisotopic (exact) mass is 245 g/mol. The van der Waals surface area contributed by atoms with E-state index in [1.807, 2.05) is 19.1 Å². The Hall–Kier alpha value is -2.04. The van der Waals surface area contributed by atoms with Gasteiger partial charge < -0.3 is 4.52 Å². The van der Waals surface area contributed by atoms with E-state index in [1.165, 1.54) is 0 Å². The van der Waals surface area contributed by atoms with Crippen molar-refractivity contribution < 1.29 is 9.32 Å². The number of hydrogen-bond donors (Lipinski definition) is 0. The highest BCUT2D eigenvalue weighted by Gasteiger charge is 2.11. The van der Waals surface area contributed by atoms with Gasteiger partial charge in [-0.15, -0.1) is 0 Å². The summed E-state index contributed by atoms with van der Waals surface area (Å²) >= 11 is 0. The predicted molar refractivity (Wildman–Crippen MR) is 65.0 cm³/mol. The second-order valence-electron chi connectivity index (χ2n) is 4.11. The zero-order valence-corrected chi connectivity index (χ0v) is 10.3. The van der Waals surface area contributed by atoms with Crippen molar-refractivity contribution in [1.82, 2.24) is 15.1 Å². The number of nitrogens with zero attached hydrogens (tertiary/aromatic N) is 3. The summed E-state index contributed by atoms with van der Waals surface area (Å²) in [6, 6.07) is 3.81. The Morgan fingerprint density at radius 2 is 2.33 bits per heavy atom. The summed E-state index contributed by atoms with van der Waals surface area (Å²) in [6.07, 6.45) is 5.68. The van der Waals surface area contributed by atoms with Crippen LogP contribution in [0.3, 0.4) is 0 Å². The van der Waals surface area contributed by atoms with Gasteiger partial charge in [0.1, 0.15) is 5.78 Å². The fourth-order valence-corrected chi connectivity index (χ4v) is 1.65. The average molecular weight is 245 g/mol. The van der Waals surface area contributed by atoms with Crippen LogP contribution in [0.2, 0.25) is 0 Å². The van der Waals surface area contributed by atoms with Crippen molar-refractivity contribution in [3.8, 4) is 0 Å². The first-order valence-corrected chi connectivity index (χ1v) is 6.00. The molecule has 2 heterocycles. The fraction of sp³-hybridized carbons (Fsp3) is 0.385. The Morgan fingerprint density at radius 1 is 1.44 bits per heavy atom. The molecule has 0 fully saturated rings. The number of hydrogen-bond acceptors (Lipinski definition) is 5. The average Bonchev–Trinajstić information content (AvgIpc) is 2.78. The highest BCUT2D eigenvalue weighted by Crippen LogP contribution is 2.07. The molecule has 0 saturated heterocycles. The zero-order valence-electron chi connectivity index (χ0n) is 10.3. The van der Waals surface area contributed by atoms with Gasteiger partial charge in [-0.2, -0.15) is 4.98 Å². The first kappa shape index (κ1) is 12.4. The normalized spacial score (nSPS) is 10.5. The molecule has 0 saturated carbocycles. The van der Waals surface area contributed by atoms with Gasteiger partial charge in [0.25, 0.3) is 0 Å². The van der Waals surface area contributed by atoms with E-state index in [2.05, 4.69) is 15.1 Å². The molecule has 0 spiro atoms. The third-order valence-corrected chi connectivity index (χ3v) is 2.47. The minimum absolute atomic E-state index is 0.133. The molecule has 2 aromatic rings. The van der Waals surface area contributed by atoms with Crippen LogP contribution in [0.25, 0.3) is 0 Å². The summed E-state index contributed by atoms with van der Waals surface area (Å²) in [7, 11) is 0. The molecule has 0 unspecified atom stereocenters. The first-order valence-electron chi connectivity index (χ1n) is 6.00. The molecule has 0 atom stereocenters. The smallest absolute Gasteiger partial charge is 0.234 e. The fourth-order valence-electron chi connectivity index (χ4n) is 1.65. The van der Waals surface area contributed by atoms with Crippen LogP contribution in [-0.2, 0) is 17.6 Å². The molecule has 18 heavy (non-hydrogen) atoms. The van der Waals surface area contributed by atoms with Crippen LogP contribution in [0.5, 0.6) is 0 Å². The molecule has 0 aliphatic heterocycles. The zero-order chi connectivity index (χ0) is 12.8. The first-order chi connectivity index (χ1) is 8.78. The van der Waals surface area contributed by atoms with Crippen LogP contribution in [0.4, 0.5) is 0 Å². The van der Waals surface area contributed by atoms with E-state index in [0.717, 1.165) is 12.0 Å². The van der Waals surface area contributed by atoms with Crippen molar-refractivity contribution in [2.75, 3.05) is 0 Å². The van der Waals surface area contributed by atoms with Gasteiger partial charge in [0.15, 0.2) is 5.82 Å². The molecule has 5 nitrogen and oxygen atoms in total. The number of aromatic nitrogens is 3.